The first-order valence-corrected chi connectivity index (χ1v) is 9.80. The minimum absolute atomic E-state index is 0.0150. The maximum Gasteiger partial charge on any atom is 0.326 e. The lowest BCUT2D eigenvalue weighted by molar-refractivity contribution is -0.143. The van der Waals surface area contributed by atoms with Gasteiger partial charge in [0, 0.05) is 0 Å². The van der Waals surface area contributed by atoms with E-state index in [9.17, 15) is 14.0 Å². The van der Waals surface area contributed by atoms with Crippen molar-refractivity contribution in [2.75, 3.05) is 6.61 Å². The molecular weight excluding hydrogens is 403 g/mol. The Labute approximate surface area is 170 Å². The molecule has 28 heavy (non-hydrogen) atoms. The van der Waals surface area contributed by atoms with Gasteiger partial charge in [0.15, 0.2) is 4.80 Å². The van der Waals surface area contributed by atoms with E-state index < -0.39 is 17.7 Å². The monoisotopic (exact) mass is 420 g/mol. The number of aromatic nitrogens is 1. The molecule has 0 fully saturated rings. The fourth-order valence-corrected chi connectivity index (χ4v) is 4.22. The van der Waals surface area contributed by atoms with Gasteiger partial charge < -0.3 is 9.30 Å². The molecule has 0 atom stereocenters. The fourth-order valence-electron chi connectivity index (χ4n) is 2.90. The van der Waals surface area contributed by atoms with Crippen molar-refractivity contribution in [3.8, 4) is 0 Å². The van der Waals surface area contributed by atoms with E-state index in [0.717, 1.165) is 33.5 Å². The van der Waals surface area contributed by atoms with Gasteiger partial charge in [-0.05, 0) is 56.2 Å². The van der Waals surface area contributed by atoms with Gasteiger partial charge in [0.1, 0.15) is 12.4 Å². The first-order chi connectivity index (χ1) is 13.3. The zero-order chi connectivity index (χ0) is 20.4. The zero-order valence-corrected chi connectivity index (χ0v) is 17.2. The van der Waals surface area contributed by atoms with Gasteiger partial charge in [0.05, 0.1) is 27.4 Å². The number of nitrogens with zero attached hydrogens (tertiary/aromatic N) is 2. The Balaban J connectivity index is 2.18. The van der Waals surface area contributed by atoms with E-state index in [2.05, 4.69) is 4.99 Å². The molecule has 0 bridgehead atoms. The molecule has 2 aromatic carbocycles. The summed E-state index contributed by atoms with van der Waals surface area (Å²) >= 11 is 7.28. The molecule has 0 aliphatic carbocycles. The molecule has 8 heteroatoms. The molecule has 3 rings (SSSR count). The number of hydrogen-bond acceptors (Lipinski definition) is 4. The van der Waals surface area contributed by atoms with Crippen molar-refractivity contribution in [2.45, 2.75) is 27.3 Å². The average molecular weight is 421 g/mol. The topological polar surface area (TPSA) is 60.7 Å². The zero-order valence-electron chi connectivity index (χ0n) is 15.6. The number of rotatable bonds is 4. The summed E-state index contributed by atoms with van der Waals surface area (Å²) in [7, 11) is 0. The van der Waals surface area contributed by atoms with Crippen molar-refractivity contribution < 1.29 is 18.7 Å². The SMILES string of the molecule is CCOC(=O)Cn1c(=NC(=O)c2ccc(F)cc2Cl)sc2c(C)cc(C)cc21. The molecule has 0 aliphatic rings. The van der Waals surface area contributed by atoms with Crippen LogP contribution in [0.15, 0.2) is 35.3 Å². The van der Waals surface area contributed by atoms with Crippen molar-refractivity contribution in [3.05, 3.63) is 62.7 Å². The minimum Gasteiger partial charge on any atom is -0.465 e. The van der Waals surface area contributed by atoms with E-state index in [-0.39, 0.29) is 23.7 Å². The minimum atomic E-state index is -0.608. The highest BCUT2D eigenvalue weighted by molar-refractivity contribution is 7.16. The van der Waals surface area contributed by atoms with Gasteiger partial charge in [0.2, 0.25) is 0 Å². The van der Waals surface area contributed by atoms with E-state index >= 15 is 0 Å². The van der Waals surface area contributed by atoms with Crippen LogP contribution in [0, 0.1) is 19.7 Å². The lowest BCUT2D eigenvalue weighted by atomic mass is 10.1. The van der Waals surface area contributed by atoms with Crippen LogP contribution in [0.3, 0.4) is 0 Å². The second-order valence-electron chi connectivity index (χ2n) is 6.25. The summed E-state index contributed by atoms with van der Waals surface area (Å²) in [5, 5.41) is -0.0150. The molecule has 1 heterocycles. The number of amides is 1. The summed E-state index contributed by atoms with van der Waals surface area (Å²) < 4.78 is 20.9. The Hall–Kier alpha value is -2.51. The van der Waals surface area contributed by atoms with E-state index in [4.69, 9.17) is 16.3 Å². The number of halogens is 2. The Morgan fingerprint density at radius 1 is 1.25 bits per heavy atom. The van der Waals surface area contributed by atoms with Crippen LogP contribution in [0.5, 0.6) is 0 Å². The molecule has 0 unspecified atom stereocenters. The van der Waals surface area contributed by atoms with Gasteiger partial charge in [0.25, 0.3) is 5.91 Å². The van der Waals surface area contributed by atoms with Crippen molar-refractivity contribution in [1.29, 1.82) is 0 Å². The first-order valence-electron chi connectivity index (χ1n) is 8.60. The van der Waals surface area contributed by atoms with Gasteiger partial charge in [-0.3, -0.25) is 9.59 Å². The number of hydrogen-bond donors (Lipinski definition) is 0. The molecule has 0 spiro atoms. The fraction of sp³-hybridized carbons (Fsp3) is 0.250. The predicted molar refractivity (Wildman–Crippen MR) is 107 cm³/mol. The van der Waals surface area contributed by atoms with Crippen molar-refractivity contribution in [3.63, 3.8) is 0 Å². The molecule has 146 valence electrons. The number of ether oxygens (including phenoxy) is 1. The summed E-state index contributed by atoms with van der Waals surface area (Å²) in [6.07, 6.45) is 0. The Bertz CT molecular complexity index is 1150. The lowest BCUT2D eigenvalue weighted by Crippen LogP contribution is -2.23. The van der Waals surface area contributed by atoms with Crippen LogP contribution in [0.25, 0.3) is 10.2 Å². The first kappa shape index (κ1) is 20.2. The van der Waals surface area contributed by atoms with Crippen LogP contribution in [-0.4, -0.2) is 23.1 Å². The van der Waals surface area contributed by atoms with Crippen LogP contribution in [0.1, 0.15) is 28.4 Å². The highest BCUT2D eigenvalue weighted by atomic mass is 35.5. The van der Waals surface area contributed by atoms with E-state index in [1.54, 1.807) is 11.5 Å². The maximum atomic E-state index is 13.3. The molecule has 1 aromatic heterocycles. The van der Waals surface area contributed by atoms with Crippen molar-refractivity contribution >= 4 is 45.0 Å². The molecule has 0 aliphatic heterocycles. The van der Waals surface area contributed by atoms with Gasteiger partial charge in [-0.15, -0.1) is 0 Å². The van der Waals surface area contributed by atoms with E-state index in [1.165, 1.54) is 17.4 Å². The maximum absolute atomic E-state index is 13.3. The quantitative estimate of drug-likeness (QED) is 0.587. The van der Waals surface area contributed by atoms with Crippen LogP contribution in [0.2, 0.25) is 5.02 Å². The number of carbonyl (C=O) groups is 2. The van der Waals surface area contributed by atoms with E-state index in [0.29, 0.717) is 4.80 Å². The molecule has 3 aromatic rings. The van der Waals surface area contributed by atoms with Crippen LogP contribution >= 0.6 is 22.9 Å². The third-order valence-electron chi connectivity index (χ3n) is 4.07. The summed E-state index contributed by atoms with van der Waals surface area (Å²) in [6.45, 7) is 5.84. The average Bonchev–Trinajstić information content (AvgIpc) is 2.93. The highest BCUT2D eigenvalue weighted by Gasteiger charge is 2.16. The molecule has 0 saturated carbocycles. The highest BCUT2D eigenvalue weighted by Crippen LogP contribution is 2.24. The molecule has 1 amide bonds. The van der Waals surface area contributed by atoms with Crippen LogP contribution in [-0.2, 0) is 16.1 Å². The molecule has 0 radical (unpaired) electrons. The summed E-state index contributed by atoms with van der Waals surface area (Å²) in [5.74, 6) is -1.56. The van der Waals surface area contributed by atoms with Gasteiger partial charge in [-0.25, -0.2) is 4.39 Å². The van der Waals surface area contributed by atoms with Crippen molar-refractivity contribution in [2.24, 2.45) is 4.99 Å². The molecular formula is C20H18ClFN2O3S. The normalized spacial score (nSPS) is 11.8. The third-order valence-corrected chi connectivity index (χ3v) is 5.61. The molecule has 5 nitrogen and oxygen atoms in total. The van der Waals surface area contributed by atoms with Crippen LogP contribution < -0.4 is 4.80 Å². The predicted octanol–water partition coefficient (Wildman–Crippen LogP) is 4.42. The smallest absolute Gasteiger partial charge is 0.326 e. The Morgan fingerprint density at radius 2 is 2.00 bits per heavy atom. The third kappa shape index (κ3) is 4.15. The molecule has 0 N–H and O–H groups in total. The largest absolute Gasteiger partial charge is 0.465 e. The number of esters is 1. The second kappa shape index (κ2) is 8.24. The number of benzene rings is 2. The Kier molecular flexibility index (Phi) is 5.96. The lowest BCUT2D eigenvalue weighted by Gasteiger charge is -2.06. The standard InChI is InChI=1S/C20H18ClFN2O3S/c1-4-27-17(25)10-24-16-8-11(2)7-12(3)18(16)28-20(24)23-19(26)14-6-5-13(22)9-15(14)21/h5-9H,4,10H2,1-3H3. The summed E-state index contributed by atoms with van der Waals surface area (Å²) in [5.41, 5.74) is 2.94. The van der Waals surface area contributed by atoms with Gasteiger partial charge in [-0.2, -0.15) is 4.99 Å². The van der Waals surface area contributed by atoms with Gasteiger partial charge >= 0.3 is 5.97 Å². The van der Waals surface area contributed by atoms with Crippen molar-refractivity contribution in [1.82, 2.24) is 4.57 Å². The van der Waals surface area contributed by atoms with E-state index in [1.807, 2.05) is 26.0 Å². The second-order valence-corrected chi connectivity index (χ2v) is 7.63. The Morgan fingerprint density at radius 3 is 2.68 bits per heavy atom. The number of aryl methyl sites for hydroxylation is 2. The van der Waals surface area contributed by atoms with Gasteiger partial charge in [-0.1, -0.05) is 29.0 Å². The van der Waals surface area contributed by atoms with Crippen LogP contribution in [0.4, 0.5) is 4.39 Å². The summed E-state index contributed by atoms with van der Waals surface area (Å²) in [4.78, 5) is 29.3. The molecule has 0 saturated heterocycles. The number of thiazole rings is 1. The number of fused-ring (bicyclic) bond motifs is 1. The summed E-state index contributed by atoms with van der Waals surface area (Å²) in [6, 6.07) is 7.47. The number of carbonyl (C=O) groups excluding carboxylic acids is 2.